The van der Waals surface area contributed by atoms with E-state index in [2.05, 4.69) is 15.3 Å². The van der Waals surface area contributed by atoms with Gasteiger partial charge >= 0.3 is 6.18 Å². The molecule has 7 heteroatoms. The van der Waals surface area contributed by atoms with Gasteiger partial charge in [0, 0.05) is 0 Å². The summed E-state index contributed by atoms with van der Waals surface area (Å²) in [4.78, 5) is 19.1. The first-order chi connectivity index (χ1) is 10.3. The summed E-state index contributed by atoms with van der Waals surface area (Å²) in [6.45, 7) is 3.78. The zero-order chi connectivity index (χ0) is 16.3. The molecule has 4 nitrogen and oxygen atoms in total. The van der Waals surface area contributed by atoms with Gasteiger partial charge < -0.3 is 10.3 Å². The zero-order valence-electron chi connectivity index (χ0n) is 12.4. The number of rotatable bonds is 5. The number of carbonyl (C=O) groups excluding carboxylic acids is 1. The number of imidazole rings is 1. The van der Waals surface area contributed by atoms with E-state index in [0.717, 1.165) is 11.0 Å². The average molecular weight is 313 g/mol. The lowest BCUT2D eigenvalue weighted by Crippen LogP contribution is -2.35. The number of hydrogen-bond acceptors (Lipinski definition) is 2. The first-order valence-corrected chi connectivity index (χ1v) is 7.11. The lowest BCUT2D eigenvalue weighted by molar-refractivity contribution is -0.154. The summed E-state index contributed by atoms with van der Waals surface area (Å²) in [7, 11) is 0. The minimum absolute atomic E-state index is 0.0438. The Morgan fingerprint density at radius 1 is 1.36 bits per heavy atom. The molecule has 0 bridgehead atoms. The number of hydrogen-bond donors (Lipinski definition) is 2. The monoisotopic (exact) mass is 313 g/mol. The molecule has 0 radical (unpaired) electrons. The molecule has 0 saturated carbocycles. The number of fused-ring (bicyclic) bond motifs is 1. The highest BCUT2D eigenvalue weighted by Gasteiger charge is 2.33. The van der Waals surface area contributed by atoms with Crippen LogP contribution in [0.4, 0.5) is 13.2 Å². The van der Waals surface area contributed by atoms with Crippen molar-refractivity contribution in [3.63, 3.8) is 0 Å². The highest BCUT2D eigenvalue weighted by Crippen LogP contribution is 2.26. The quantitative estimate of drug-likeness (QED) is 0.884. The summed E-state index contributed by atoms with van der Waals surface area (Å²) < 4.78 is 37.0. The fraction of sp³-hybridized carbons (Fsp3) is 0.467. The van der Waals surface area contributed by atoms with Crippen molar-refractivity contribution in [3.8, 4) is 0 Å². The molecule has 1 aromatic carbocycles. The summed E-state index contributed by atoms with van der Waals surface area (Å²) in [5.41, 5.74) is 1.51. The molecular formula is C15H18F3N3O. The number of alkyl halides is 3. The van der Waals surface area contributed by atoms with E-state index in [-0.39, 0.29) is 5.92 Å². The number of H-pyrrole nitrogens is 1. The summed E-state index contributed by atoms with van der Waals surface area (Å²) in [6, 6.07) is 6.72. The molecule has 0 spiro atoms. The van der Waals surface area contributed by atoms with E-state index in [1.165, 1.54) is 0 Å². The molecule has 1 amide bonds. The number of aromatic nitrogens is 2. The summed E-state index contributed by atoms with van der Waals surface area (Å²) >= 11 is 0. The predicted octanol–water partition coefficient (Wildman–Crippen LogP) is 3.72. The second-order valence-electron chi connectivity index (χ2n) is 5.36. The third-order valence-electron chi connectivity index (χ3n) is 3.59. The number of amides is 1. The van der Waals surface area contributed by atoms with Crippen molar-refractivity contribution in [1.82, 2.24) is 15.3 Å². The number of halogens is 3. The maximum atomic E-state index is 12.3. The fourth-order valence-corrected chi connectivity index (χ4v) is 2.24. The smallest absolute Gasteiger partial charge is 0.346 e. The number of aromatic amines is 1. The van der Waals surface area contributed by atoms with E-state index >= 15 is 0 Å². The van der Waals surface area contributed by atoms with Crippen molar-refractivity contribution in [2.75, 3.05) is 0 Å². The normalized spacial score (nSPS) is 14.8. The average Bonchev–Trinajstić information content (AvgIpc) is 2.85. The van der Waals surface area contributed by atoms with Gasteiger partial charge in [0.2, 0.25) is 5.91 Å². The van der Waals surface area contributed by atoms with Crippen LogP contribution in [0.3, 0.4) is 0 Å². The Morgan fingerprint density at radius 3 is 2.64 bits per heavy atom. The number of nitrogens with one attached hydrogen (secondary N) is 2. The molecule has 2 atom stereocenters. The molecule has 120 valence electrons. The van der Waals surface area contributed by atoms with Crippen molar-refractivity contribution in [2.45, 2.75) is 38.9 Å². The summed E-state index contributed by atoms with van der Waals surface area (Å²) in [5, 5.41) is 2.45. The molecule has 22 heavy (non-hydrogen) atoms. The Kier molecular flexibility index (Phi) is 4.73. The summed E-state index contributed by atoms with van der Waals surface area (Å²) in [5.74, 6) is -0.609. The van der Waals surface area contributed by atoms with Gasteiger partial charge in [0.25, 0.3) is 0 Å². The zero-order valence-corrected chi connectivity index (χ0v) is 12.4. The Balaban J connectivity index is 2.24. The molecule has 0 saturated heterocycles. The van der Waals surface area contributed by atoms with Crippen LogP contribution in [0.2, 0.25) is 0 Å². The standard InChI is InChI=1S/C15H18F3N3O/c1-3-9(2)13(21-12(22)8-15(16,17)18)14-19-10-6-4-5-7-11(10)20-14/h4-7,9,13H,3,8H2,1-2H3,(H,19,20)(H,21,22). The minimum atomic E-state index is -4.52. The summed E-state index contributed by atoms with van der Waals surface area (Å²) in [6.07, 6.45) is -5.30. The molecule has 2 unspecified atom stereocenters. The van der Waals surface area contributed by atoms with Gasteiger partial charge in [0.1, 0.15) is 12.2 Å². The Labute approximate surface area is 126 Å². The number of carbonyl (C=O) groups is 1. The van der Waals surface area contributed by atoms with E-state index in [1.807, 2.05) is 32.0 Å². The predicted molar refractivity (Wildman–Crippen MR) is 77.1 cm³/mol. The SMILES string of the molecule is CCC(C)C(NC(=O)CC(F)(F)F)c1nc2ccccc2[nH]1. The largest absolute Gasteiger partial charge is 0.397 e. The molecule has 2 rings (SSSR count). The van der Waals surface area contributed by atoms with Crippen LogP contribution in [0.15, 0.2) is 24.3 Å². The number of benzene rings is 1. The molecule has 1 heterocycles. The van der Waals surface area contributed by atoms with Crippen molar-refractivity contribution < 1.29 is 18.0 Å². The fourth-order valence-electron chi connectivity index (χ4n) is 2.24. The van der Waals surface area contributed by atoms with E-state index in [9.17, 15) is 18.0 Å². The van der Waals surface area contributed by atoms with Crippen LogP contribution >= 0.6 is 0 Å². The molecule has 0 aliphatic carbocycles. The van der Waals surface area contributed by atoms with Gasteiger partial charge in [-0.15, -0.1) is 0 Å². The van der Waals surface area contributed by atoms with Gasteiger partial charge in [0.15, 0.2) is 0 Å². The van der Waals surface area contributed by atoms with Gasteiger partial charge in [-0.2, -0.15) is 13.2 Å². The minimum Gasteiger partial charge on any atom is -0.346 e. The Morgan fingerprint density at radius 2 is 2.05 bits per heavy atom. The van der Waals surface area contributed by atoms with Crippen LogP contribution in [0.5, 0.6) is 0 Å². The van der Waals surface area contributed by atoms with E-state index in [4.69, 9.17) is 0 Å². The second kappa shape index (κ2) is 6.37. The Bertz CT molecular complexity index is 618. The van der Waals surface area contributed by atoms with Gasteiger partial charge in [-0.05, 0) is 18.1 Å². The van der Waals surface area contributed by atoms with Crippen molar-refractivity contribution >= 4 is 16.9 Å². The van der Waals surface area contributed by atoms with Gasteiger partial charge in [-0.25, -0.2) is 4.98 Å². The molecule has 1 aromatic heterocycles. The molecule has 2 aromatic rings. The van der Waals surface area contributed by atoms with Crippen molar-refractivity contribution in [3.05, 3.63) is 30.1 Å². The molecule has 0 aliphatic rings. The molecule has 0 fully saturated rings. The number of para-hydroxylation sites is 2. The maximum absolute atomic E-state index is 12.3. The first-order valence-electron chi connectivity index (χ1n) is 7.11. The van der Waals surface area contributed by atoms with E-state index in [1.54, 1.807) is 6.07 Å². The number of nitrogens with zero attached hydrogens (tertiary/aromatic N) is 1. The lowest BCUT2D eigenvalue weighted by Gasteiger charge is -2.22. The van der Waals surface area contributed by atoms with E-state index in [0.29, 0.717) is 12.2 Å². The van der Waals surface area contributed by atoms with Gasteiger partial charge in [-0.3, -0.25) is 4.79 Å². The topological polar surface area (TPSA) is 57.8 Å². The first kappa shape index (κ1) is 16.3. The van der Waals surface area contributed by atoms with Crippen molar-refractivity contribution in [2.24, 2.45) is 5.92 Å². The third kappa shape index (κ3) is 3.99. The molecular weight excluding hydrogens is 295 g/mol. The van der Waals surface area contributed by atoms with Crippen LogP contribution in [0, 0.1) is 5.92 Å². The van der Waals surface area contributed by atoms with Crippen molar-refractivity contribution in [1.29, 1.82) is 0 Å². The van der Waals surface area contributed by atoms with Crippen LogP contribution in [-0.2, 0) is 4.79 Å². The van der Waals surface area contributed by atoms with Crippen LogP contribution in [0.1, 0.15) is 38.6 Å². The van der Waals surface area contributed by atoms with Gasteiger partial charge in [-0.1, -0.05) is 32.4 Å². The van der Waals surface area contributed by atoms with Crippen LogP contribution in [0.25, 0.3) is 11.0 Å². The lowest BCUT2D eigenvalue weighted by atomic mass is 9.98. The Hall–Kier alpha value is -2.05. The maximum Gasteiger partial charge on any atom is 0.397 e. The molecule has 2 N–H and O–H groups in total. The molecule has 0 aliphatic heterocycles. The third-order valence-corrected chi connectivity index (χ3v) is 3.59. The highest BCUT2D eigenvalue weighted by molar-refractivity contribution is 5.78. The van der Waals surface area contributed by atoms with Gasteiger partial charge in [0.05, 0.1) is 17.1 Å². The van der Waals surface area contributed by atoms with E-state index < -0.39 is 24.5 Å². The second-order valence-corrected chi connectivity index (χ2v) is 5.36. The van der Waals surface area contributed by atoms with Crippen LogP contribution < -0.4 is 5.32 Å². The highest BCUT2D eigenvalue weighted by atomic mass is 19.4. The van der Waals surface area contributed by atoms with Crippen LogP contribution in [-0.4, -0.2) is 22.1 Å².